The van der Waals surface area contributed by atoms with Gasteiger partial charge in [0.25, 0.3) is 5.91 Å². The first-order valence-electron chi connectivity index (χ1n) is 8.58. The zero-order valence-corrected chi connectivity index (χ0v) is 16.5. The van der Waals surface area contributed by atoms with Crippen molar-refractivity contribution in [1.82, 2.24) is 14.9 Å². The summed E-state index contributed by atoms with van der Waals surface area (Å²) in [5.41, 5.74) is 0.0620. The Morgan fingerprint density at radius 1 is 1.23 bits per heavy atom. The number of hydrogen-bond acceptors (Lipinski definition) is 4. The second kappa shape index (κ2) is 8.83. The lowest BCUT2D eigenvalue weighted by Crippen LogP contribution is -2.33. The van der Waals surface area contributed by atoms with Gasteiger partial charge in [0.2, 0.25) is 15.9 Å². The van der Waals surface area contributed by atoms with Gasteiger partial charge in [-0.05, 0) is 44.9 Å². The van der Waals surface area contributed by atoms with Crippen molar-refractivity contribution in [1.29, 1.82) is 0 Å². The number of amides is 2. The summed E-state index contributed by atoms with van der Waals surface area (Å²) in [7, 11) is -3.73. The van der Waals surface area contributed by atoms with Gasteiger partial charge in [-0.25, -0.2) is 13.1 Å². The predicted octanol–water partition coefficient (Wildman–Crippen LogP) is 1.77. The normalized spacial score (nSPS) is 14.7. The molecule has 9 heteroatoms. The van der Waals surface area contributed by atoms with Crippen LogP contribution in [0.15, 0.2) is 23.1 Å². The van der Waals surface area contributed by atoms with Crippen LogP contribution in [-0.2, 0) is 14.8 Å². The van der Waals surface area contributed by atoms with Gasteiger partial charge >= 0.3 is 0 Å². The highest BCUT2D eigenvalue weighted by molar-refractivity contribution is 7.89. The molecule has 1 aromatic carbocycles. The molecule has 7 nitrogen and oxygen atoms in total. The molecule has 0 aliphatic carbocycles. The van der Waals surface area contributed by atoms with E-state index in [1.165, 1.54) is 18.2 Å². The molecule has 1 heterocycles. The van der Waals surface area contributed by atoms with Crippen molar-refractivity contribution in [3.05, 3.63) is 28.8 Å². The van der Waals surface area contributed by atoms with Crippen LogP contribution in [0.1, 0.15) is 43.5 Å². The zero-order chi connectivity index (χ0) is 19.3. The van der Waals surface area contributed by atoms with Gasteiger partial charge in [-0.3, -0.25) is 9.59 Å². The van der Waals surface area contributed by atoms with Gasteiger partial charge in [-0.15, -0.1) is 0 Å². The summed E-state index contributed by atoms with van der Waals surface area (Å²) in [6.07, 6.45) is 2.23. The van der Waals surface area contributed by atoms with E-state index < -0.39 is 15.9 Å². The average molecular weight is 402 g/mol. The lowest BCUT2D eigenvalue weighted by atomic mass is 10.2. The summed E-state index contributed by atoms with van der Waals surface area (Å²) >= 11 is 6.04. The summed E-state index contributed by atoms with van der Waals surface area (Å²) in [6, 6.07) is 3.69. The molecule has 0 spiro atoms. The first kappa shape index (κ1) is 20.7. The Kier molecular flexibility index (Phi) is 7.02. The lowest BCUT2D eigenvalue weighted by Gasteiger charge is -2.15. The Hall–Kier alpha value is -1.64. The van der Waals surface area contributed by atoms with Crippen LogP contribution in [-0.4, -0.2) is 50.8 Å². The van der Waals surface area contributed by atoms with E-state index in [1.807, 2.05) is 0 Å². The van der Waals surface area contributed by atoms with E-state index >= 15 is 0 Å². The Morgan fingerprint density at radius 3 is 2.50 bits per heavy atom. The number of nitrogens with zero attached hydrogens (tertiary/aromatic N) is 1. The predicted molar refractivity (Wildman–Crippen MR) is 99.7 cm³/mol. The van der Waals surface area contributed by atoms with Crippen LogP contribution in [0.5, 0.6) is 0 Å². The summed E-state index contributed by atoms with van der Waals surface area (Å²) in [6.45, 7) is 5.12. The fourth-order valence-electron chi connectivity index (χ4n) is 2.73. The van der Waals surface area contributed by atoms with Crippen molar-refractivity contribution >= 4 is 33.4 Å². The molecule has 2 amide bonds. The van der Waals surface area contributed by atoms with Crippen LogP contribution in [0.25, 0.3) is 0 Å². The van der Waals surface area contributed by atoms with Crippen molar-refractivity contribution in [2.24, 2.45) is 0 Å². The molecule has 2 N–H and O–H groups in total. The van der Waals surface area contributed by atoms with Gasteiger partial charge in [-0.1, -0.05) is 11.6 Å². The molecule has 2 rings (SSSR count). The number of sulfonamides is 1. The summed E-state index contributed by atoms with van der Waals surface area (Å²) in [5.74, 6) is -0.503. The highest BCUT2D eigenvalue weighted by atomic mass is 35.5. The van der Waals surface area contributed by atoms with E-state index in [0.29, 0.717) is 0 Å². The quantitative estimate of drug-likeness (QED) is 0.727. The van der Waals surface area contributed by atoms with Crippen LogP contribution >= 0.6 is 11.6 Å². The number of nitrogens with one attached hydrogen (secondary N) is 2. The Balaban J connectivity index is 2.01. The minimum absolute atomic E-state index is 0.00589. The third-order valence-corrected chi connectivity index (χ3v) is 5.95. The third kappa shape index (κ3) is 5.43. The van der Waals surface area contributed by atoms with Crippen molar-refractivity contribution in [2.45, 2.75) is 44.0 Å². The largest absolute Gasteiger partial charge is 0.351 e. The van der Waals surface area contributed by atoms with Crippen molar-refractivity contribution in [3.63, 3.8) is 0 Å². The summed E-state index contributed by atoms with van der Waals surface area (Å²) in [5, 5.41) is 2.78. The summed E-state index contributed by atoms with van der Waals surface area (Å²) in [4.78, 5) is 26.1. The van der Waals surface area contributed by atoms with E-state index in [9.17, 15) is 18.0 Å². The number of hydrogen-bond donors (Lipinski definition) is 2. The van der Waals surface area contributed by atoms with E-state index in [4.69, 9.17) is 11.6 Å². The molecule has 144 valence electrons. The molecule has 0 saturated carbocycles. The fourth-order valence-corrected chi connectivity index (χ4v) is 4.21. The minimum atomic E-state index is -3.73. The lowest BCUT2D eigenvalue weighted by molar-refractivity contribution is -0.129. The van der Waals surface area contributed by atoms with Crippen LogP contribution < -0.4 is 10.0 Å². The number of rotatable bonds is 7. The van der Waals surface area contributed by atoms with E-state index in [0.717, 1.165) is 25.9 Å². The van der Waals surface area contributed by atoms with Crippen LogP contribution in [0, 0.1) is 0 Å². The molecule has 1 saturated heterocycles. The zero-order valence-electron chi connectivity index (χ0n) is 14.9. The highest BCUT2D eigenvalue weighted by Gasteiger charge is 2.20. The number of likely N-dealkylation sites (tertiary alicyclic amines) is 1. The molecule has 1 aliphatic rings. The molecular weight excluding hydrogens is 378 g/mol. The topological polar surface area (TPSA) is 95.6 Å². The van der Waals surface area contributed by atoms with Gasteiger partial charge < -0.3 is 10.2 Å². The first-order valence-corrected chi connectivity index (χ1v) is 10.4. The van der Waals surface area contributed by atoms with Crippen LogP contribution in [0.3, 0.4) is 0 Å². The molecule has 0 aromatic heterocycles. The standard InChI is InChI=1S/C17H24ClN3O4S/c1-12(2)20-26(24,25)13-5-6-15(18)14(11-13)17(23)19-8-7-16(22)21-9-3-4-10-21/h5-6,11-12,20H,3-4,7-10H2,1-2H3,(H,19,23). The number of halogens is 1. The van der Waals surface area contributed by atoms with Crippen molar-refractivity contribution in [2.75, 3.05) is 19.6 Å². The monoisotopic (exact) mass is 401 g/mol. The van der Waals surface area contributed by atoms with E-state index in [1.54, 1.807) is 18.7 Å². The maximum atomic E-state index is 12.3. The van der Waals surface area contributed by atoms with Gasteiger partial charge in [0.1, 0.15) is 0 Å². The Labute approximate surface area is 159 Å². The fraction of sp³-hybridized carbons (Fsp3) is 0.529. The second-order valence-corrected chi connectivity index (χ2v) is 8.63. The van der Waals surface area contributed by atoms with E-state index in [-0.39, 0.29) is 40.4 Å². The van der Waals surface area contributed by atoms with Gasteiger partial charge in [0, 0.05) is 32.1 Å². The molecule has 0 bridgehead atoms. The molecular formula is C17H24ClN3O4S. The average Bonchev–Trinajstić information content (AvgIpc) is 3.08. The Morgan fingerprint density at radius 2 is 1.88 bits per heavy atom. The molecule has 1 aromatic rings. The van der Waals surface area contributed by atoms with Crippen LogP contribution in [0.2, 0.25) is 5.02 Å². The second-order valence-electron chi connectivity index (χ2n) is 6.51. The minimum Gasteiger partial charge on any atom is -0.351 e. The molecule has 0 atom stereocenters. The Bertz CT molecular complexity index is 774. The molecule has 26 heavy (non-hydrogen) atoms. The van der Waals surface area contributed by atoms with Gasteiger partial charge in [0.05, 0.1) is 15.5 Å². The SMILES string of the molecule is CC(C)NS(=O)(=O)c1ccc(Cl)c(C(=O)NCCC(=O)N2CCCC2)c1. The maximum absolute atomic E-state index is 12.3. The highest BCUT2D eigenvalue weighted by Crippen LogP contribution is 2.21. The molecule has 0 unspecified atom stereocenters. The van der Waals surface area contributed by atoms with Gasteiger partial charge in [0.15, 0.2) is 0 Å². The molecule has 1 fully saturated rings. The number of carbonyl (C=O) groups is 2. The van der Waals surface area contributed by atoms with Crippen LogP contribution in [0.4, 0.5) is 0 Å². The van der Waals surface area contributed by atoms with Crippen molar-refractivity contribution in [3.8, 4) is 0 Å². The number of benzene rings is 1. The van der Waals surface area contributed by atoms with Gasteiger partial charge in [-0.2, -0.15) is 0 Å². The molecule has 1 aliphatic heterocycles. The van der Waals surface area contributed by atoms with Crippen molar-refractivity contribution < 1.29 is 18.0 Å². The van der Waals surface area contributed by atoms with E-state index in [2.05, 4.69) is 10.0 Å². The maximum Gasteiger partial charge on any atom is 0.252 e. The molecule has 0 radical (unpaired) electrons. The third-order valence-electron chi connectivity index (χ3n) is 3.97. The smallest absolute Gasteiger partial charge is 0.252 e. The summed E-state index contributed by atoms with van der Waals surface area (Å²) < 4.78 is 26.9. The number of carbonyl (C=O) groups excluding carboxylic acids is 2. The first-order chi connectivity index (χ1) is 12.2.